The molecule has 0 aromatic heterocycles. The average Bonchev–Trinajstić information content (AvgIpc) is 2.14. The van der Waals surface area contributed by atoms with Gasteiger partial charge in [0.2, 0.25) is 0 Å². The summed E-state index contributed by atoms with van der Waals surface area (Å²) >= 11 is 0. The third kappa shape index (κ3) is 4.49. The van der Waals surface area contributed by atoms with Gasteiger partial charge in [0.15, 0.2) is 0 Å². The summed E-state index contributed by atoms with van der Waals surface area (Å²) in [7, 11) is -8.45. The SMILES string of the molecule is CCC(C(C)C(C)C(CC)S(=O)(=O)O)S(=O)(=O)O. The Bertz CT molecular complexity index is 409. The normalized spacial score (nSPS) is 20.1. The highest BCUT2D eigenvalue weighted by Crippen LogP contribution is 2.29. The molecule has 0 aliphatic rings. The van der Waals surface area contributed by atoms with Crippen molar-refractivity contribution in [2.45, 2.75) is 51.0 Å². The highest BCUT2D eigenvalue weighted by molar-refractivity contribution is 7.86. The quantitative estimate of drug-likeness (QED) is 0.691. The van der Waals surface area contributed by atoms with Crippen LogP contribution < -0.4 is 0 Å². The number of rotatable bonds is 7. The van der Waals surface area contributed by atoms with Crippen LogP contribution in [0.3, 0.4) is 0 Å². The Balaban J connectivity index is 5.26. The summed E-state index contributed by atoms with van der Waals surface area (Å²) in [6.07, 6.45) is 0.374. The number of hydrogen-bond acceptors (Lipinski definition) is 4. The summed E-state index contributed by atoms with van der Waals surface area (Å²) in [6.45, 7) is 6.35. The zero-order valence-electron chi connectivity index (χ0n) is 11.1. The Morgan fingerprint density at radius 3 is 1.11 bits per heavy atom. The van der Waals surface area contributed by atoms with Crippen LogP contribution in [0.4, 0.5) is 0 Å². The van der Waals surface area contributed by atoms with Crippen LogP contribution in [-0.2, 0) is 20.2 Å². The summed E-state index contributed by atoms with van der Waals surface area (Å²) in [5.74, 6) is -1.14. The van der Waals surface area contributed by atoms with Crippen LogP contribution >= 0.6 is 0 Å². The van der Waals surface area contributed by atoms with Crippen LogP contribution in [0.25, 0.3) is 0 Å². The molecule has 0 rings (SSSR count). The van der Waals surface area contributed by atoms with E-state index in [0.29, 0.717) is 0 Å². The fraction of sp³-hybridized carbons (Fsp3) is 1.00. The van der Waals surface area contributed by atoms with Crippen LogP contribution in [0.2, 0.25) is 0 Å². The van der Waals surface area contributed by atoms with Gasteiger partial charge in [0, 0.05) is 0 Å². The summed E-state index contributed by atoms with van der Waals surface area (Å²) in [6, 6.07) is 0. The van der Waals surface area contributed by atoms with Crippen molar-refractivity contribution in [2.24, 2.45) is 11.8 Å². The maximum absolute atomic E-state index is 11.2. The second-order valence-electron chi connectivity index (χ2n) is 4.64. The van der Waals surface area contributed by atoms with Crippen LogP contribution in [0.1, 0.15) is 40.5 Å². The predicted molar refractivity (Wildman–Crippen MR) is 69.6 cm³/mol. The van der Waals surface area contributed by atoms with Gasteiger partial charge in [-0.05, 0) is 24.7 Å². The van der Waals surface area contributed by atoms with Crippen molar-refractivity contribution in [3.63, 3.8) is 0 Å². The molecular formula is C10H22O6S2. The molecule has 0 saturated heterocycles. The van der Waals surface area contributed by atoms with E-state index in [1.54, 1.807) is 27.7 Å². The van der Waals surface area contributed by atoms with E-state index in [1.165, 1.54) is 0 Å². The first-order chi connectivity index (χ1) is 7.96. The first-order valence-corrected chi connectivity index (χ1v) is 8.90. The molecule has 8 heteroatoms. The first-order valence-electron chi connectivity index (χ1n) is 5.89. The lowest BCUT2D eigenvalue weighted by Gasteiger charge is -2.30. The van der Waals surface area contributed by atoms with Crippen LogP contribution in [0, 0.1) is 11.8 Å². The highest BCUT2D eigenvalue weighted by Gasteiger charge is 2.38. The molecule has 0 aliphatic carbocycles. The van der Waals surface area contributed by atoms with Gasteiger partial charge in [-0.2, -0.15) is 16.8 Å². The molecule has 0 fully saturated rings. The van der Waals surface area contributed by atoms with E-state index in [9.17, 15) is 16.8 Å². The molecule has 0 aliphatic heterocycles. The van der Waals surface area contributed by atoms with Crippen molar-refractivity contribution in [3.8, 4) is 0 Å². The molecule has 0 spiro atoms. The van der Waals surface area contributed by atoms with E-state index in [1.807, 2.05) is 0 Å². The predicted octanol–water partition coefficient (Wildman–Crippen LogP) is 1.59. The van der Waals surface area contributed by atoms with Crippen LogP contribution in [-0.4, -0.2) is 36.4 Å². The molecule has 4 unspecified atom stereocenters. The van der Waals surface area contributed by atoms with E-state index in [4.69, 9.17) is 9.11 Å². The highest BCUT2D eigenvalue weighted by atomic mass is 32.2. The molecule has 0 radical (unpaired) electrons. The molecule has 0 bridgehead atoms. The summed E-state index contributed by atoms with van der Waals surface area (Å²) in [5, 5.41) is -2.05. The lowest BCUT2D eigenvalue weighted by atomic mass is 9.87. The maximum atomic E-state index is 11.2. The van der Waals surface area contributed by atoms with Gasteiger partial charge < -0.3 is 0 Å². The van der Waals surface area contributed by atoms with Gasteiger partial charge >= 0.3 is 0 Å². The minimum atomic E-state index is -4.22. The van der Waals surface area contributed by atoms with Crippen molar-refractivity contribution in [3.05, 3.63) is 0 Å². The Morgan fingerprint density at radius 1 is 0.778 bits per heavy atom. The molecule has 2 N–H and O–H groups in total. The average molecular weight is 302 g/mol. The summed E-state index contributed by atoms with van der Waals surface area (Å²) in [5.41, 5.74) is 0. The Labute approximate surface area is 109 Å². The first kappa shape index (κ1) is 17.8. The maximum Gasteiger partial charge on any atom is 0.268 e. The standard InChI is InChI=1S/C10H22O6S2/c1-5-9(17(11,12)13)7(3)8(4)10(6-2)18(14,15)16/h7-10H,5-6H2,1-4H3,(H,11,12,13)(H,14,15,16). The number of hydrogen-bond donors (Lipinski definition) is 2. The zero-order valence-corrected chi connectivity index (χ0v) is 12.7. The van der Waals surface area contributed by atoms with E-state index in [-0.39, 0.29) is 12.8 Å². The lowest BCUT2D eigenvalue weighted by molar-refractivity contribution is 0.313. The lowest BCUT2D eigenvalue weighted by Crippen LogP contribution is -2.39. The Morgan fingerprint density at radius 2 is 1.00 bits per heavy atom. The molecular weight excluding hydrogens is 280 g/mol. The second kappa shape index (κ2) is 6.31. The molecule has 0 heterocycles. The van der Waals surface area contributed by atoms with Crippen LogP contribution in [0.15, 0.2) is 0 Å². The minimum Gasteiger partial charge on any atom is -0.285 e. The summed E-state index contributed by atoms with van der Waals surface area (Å²) < 4.78 is 63.1. The molecule has 0 saturated carbocycles. The molecule has 6 nitrogen and oxygen atoms in total. The smallest absolute Gasteiger partial charge is 0.268 e. The van der Waals surface area contributed by atoms with Gasteiger partial charge in [-0.25, -0.2) is 0 Å². The molecule has 0 aromatic rings. The van der Waals surface area contributed by atoms with Gasteiger partial charge in [0.25, 0.3) is 20.2 Å². The molecule has 0 aromatic carbocycles. The van der Waals surface area contributed by atoms with Gasteiger partial charge in [-0.15, -0.1) is 0 Å². The van der Waals surface area contributed by atoms with Gasteiger partial charge in [-0.1, -0.05) is 27.7 Å². The fourth-order valence-corrected chi connectivity index (χ4v) is 4.81. The third-order valence-corrected chi connectivity index (χ3v) is 6.63. The topological polar surface area (TPSA) is 109 Å². The molecule has 4 atom stereocenters. The minimum absolute atomic E-state index is 0.187. The van der Waals surface area contributed by atoms with Crippen LogP contribution in [0.5, 0.6) is 0 Å². The zero-order chi connectivity index (χ0) is 14.7. The van der Waals surface area contributed by atoms with Crippen molar-refractivity contribution >= 4 is 20.2 Å². The molecule has 110 valence electrons. The van der Waals surface area contributed by atoms with E-state index in [0.717, 1.165) is 0 Å². The van der Waals surface area contributed by atoms with E-state index < -0.39 is 42.6 Å². The van der Waals surface area contributed by atoms with Crippen molar-refractivity contribution in [1.29, 1.82) is 0 Å². The Hall–Kier alpha value is -0.180. The van der Waals surface area contributed by atoms with Crippen molar-refractivity contribution < 1.29 is 25.9 Å². The Kier molecular flexibility index (Phi) is 6.25. The van der Waals surface area contributed by atoms with Gasteiger partial charge in [0.05, 0.1) is 10.5 Å². The fourth-order valence-electron chi connectivity index (χ4n) is 2.38. The monoisotopic (exact) mass is 302 g/mol. The second-order valence-corrected chi connectivity index (χ2v) is 7.91. The summed E-state index contributed by atoms with van der Waals surface area (Å²) in [4.78, 5) is 0. The van der Waals surface area contributed by atoms with Gasteiger partial charge in [0.1, 0.15) is 0 Å². The van der Waals surface area contributed by atoms with Crippen molar-refractivity contribution in [1.82, 2.24) is 0 Å². The third-order valence-electron chi connectivity index (χ3n) is 3.57. The van der Waals surface area contributed by atoms with Gasteiger partial charge in [-0.3, -0.25) is 9.11 Å². The van der Waals surface area contributed by atoms with Crippen molar-refractivity contribution in [2.75, 3.05) is 0 Å². The molecule has 18 heavy (non-hydrogen) atoms. The molecule has 0 amide bonds. The van der Waals surface area contributed by atoms with E-state index >= 15 is 0 Å². The van der Waals surface area contributed by atoms with E-state index in [2.05, 4.69) is 0 Å². The largest absolute Gasteiger partial charge is 0.285 e.